The molecule has 0 saturated heterocycles. The van der Waals surface area contributed by atoms with Crippen LogP contribution in [0.25, 0.3) is 10.8 Å². The second-order valence-electron chi connectivity index (χ2n) is 7.79. The van der Waals surface area contributed by atoms with Crippen molar-refractivity contribution < 1.29 is 19.1 Å². The first-order valence-corrected chi connectivity index (χ1v) is 12.9. The molecule has 0 aliphatic carbocycles. The van der Waals surface area contributed by atoms with Crippen molar-refractivity contribution in [2.75, 3.05) is 28.8 Å². The van der Waals surface area contributed by atoms with Crippen LogP contribution in [-0.4, -0.2) is 35.6 Å². The maximum absolute atomic E-state index is 12.6. The van der Waals surface area contributed by atoms with E-state index in [0.29, 0.717) is 27.2 Å². The number of benzene rings is 3. The van der Waals surface area contributed by atoms with Gasteiger partial charge in [0, 0.05) is 29.1 Å². The smallest absolute Gasteiger partial charge is 0.234 e. The van der Waals surface area contributed by atoms with Crippen molar-refractivity contribution in [3.63, 3.8) is 0 Å². The molecule has 1 aromatic heterocycles. The number of hydrogen-bond donors (Lipinski definition) is 3. The van der Waals surface area contributed by atoms with Crippen LogP contribution in [0.4, 0.5) is 17.1 Å². The number of methoxy groups -OCH3 is 1. The molecule has 0 atom stereocenters. The largest absolute Gasteiger partial charge is 0.495 e. The third-order valence-electron chi connectivity index (χ3n) is 5.06. The zero-order chi connectivity index (χ0) is 25.5. The van der Waals surface area contributed by atoms with E-state index >= 15 is 0 Å². The predicted octanol–water partition coefficient (Wildman–Crippen LogP) is 5.18. The summed E-state index contributed by atoms with van der Waals surface area (Å²) in [5, 5.41) is 12.3. The zero-order valence-electron chi connectivity index (χ0n) is 19.7. The molecular formula is C26H24N4O4S2. The summed E-state index contributed by atoms with van der Waals surface area (Å²) in [6, 6.07) is 18.7. The van der Waals surface area contributed by atoms with Crippen molar-refractivity contribution in [2.45, 2.75) is 17.7 Å². The Kier molecular flexibility index (Phi) is 8.19. The molecule has 0 bridgehead atoms. The number of hydrogen-bond acceptors (Lipinski definition) is 7. The second-order valence-corrected chi connectivity index (χ2v) is 9.87. The predicted molar refractivity (Wildman–Crippen MR) is 145 cm³/mol. The first-order chi connectivity index (χ1) is 17.4. The fourth-order valence-electron chi connectivity index (χ4n) is 3.53. The number of carbonyl (C=O) groups is 3. The molecule has 3 amide bonds. The van der Waals surface area contributed by atoms with Crippen molar-refractivity contribution in [3.8, 4) is 5.75 Å². The number of ether oxygens (including phenoxy) is 1. The SMILES string of the molecule is COc1ccc(NC(C)=O)cc1NC(=O)Cc1csc(SCC(=O)Nc2cccc3ccccc23)n1. The number of amides is 3. The van der Waals surface area contributed by atoms with Gasteiger partial charge in [-0.3, -0.25) is 14.4 Å². The monoisotopic (exact) mass is 520 g/mol. The van der Waals surface area contributed by atoms with Gasteiger partial charge in [0.1, 0.15) is 5.75 Å². The minimum Gasteiger partial charge on any atom is -0.495 e. The van der Waals surface area contributed by atoms with Crippen LogP contribution in [0.1, 0.15) is 12.6 Å². The van der Waals surface area contributed by atoms with E-state index in [0.717, 1.165) is 16.5 Å². The first kappa shape index (κ1) is 25.2. The zero-order valence-corrected chi connectivity index (χ0v) is 21.3. The Bertz CT molecular complexity index is 1410. The molecule has 0 unspecified atom stereocenters. The average Bonchev–Trinajstić information content (AvgIpc) is 3.30. The van der Waals surface area contributed by atoms with Crippen LogP contribution in [0.2, 0.25) is 0 Å². The summed E-state index contributed by atoms with van der Waals surface area (Å²) in [6.45, 7) is 1.41. The van der Waals surface area contributed by atoms with E-state index in [-0.39, 0.29) is 29.9 Å². The van der Waals surface area contributed by atoms with Crippen molar-refractivity contribution in [2.24, 2.45) is 0 Å². The minimum atomic E-state index is -0.274. The lowest BCUT2D eigenvalue weighted by molar-refractivity contribution is -0.116. The van der Waals surface area contributed by atoms with Crippen LogP contribution in [0, 0.1) is 0 Å². The van der Waals surface area contributed by atoms with Gasteiger partial charge in [0.15, 0.2) is 4.34 Å². The number of thioether (sulfide) groups is 1. The van der Waals surface area contributed by atoms with Crippen molar-refractivity contribution >= 4 is 68.7 Å². The summed E-state index contributed by atoms with van der Waals surface area (Å²) in [6.07, 6.45) is 0.0623. The van der Waals surface area contributed by atoms with Crippen LogP contribution in [0.15, 0.2) is 70.4 Å². The molecule has 10 heteroatoms. The minimum absolute atomic E-state index is 0.0623. The fraction of sp³-hybridized carbons (Fsp3) is 0.154. The molecule has 36 heavy (non-hydrogen) atoms. The van der Waals surface area contributed by atoms with Gasteiger partial charge < -0.3 is 20.7 Å². The van der Waals surface area contributed by atoms with Gasteiger partial charge in [0.25, 0.3) is 0 Å². The molecule has 0 fully saturated rings. The third-order valence-corrected chi connectivity index (χ3v) is 7.13. The number of thiazole rings is 1. The normalized spacial score (nSPS) is 10.6. The van der Waals surface area contributed by atoms with Crippen molar-refractivity contribution in [1.29, 1.82) is 0 Å². The molecule has 184 valence electrons. The van der Waals surface area contributed by atoms with Crippen LogP contribution in [-0.2, 0) is 20.8 Å². The maximum atomic E-state index is 12.6. The van der Waals surface area contributed by atoms with E-state index in [9.17, 15) is 14.4 Å². The van der Waals surface area contributed by atoms with Gasteiger partial charge in [0.2, 0.25) is 17.7 Å². The Balaban J connectivity index is 1.32. The molecule has 0 aliphatic heterocycles. The average molecular weight is 521 g/mol. The van der Waals surface area contributed by atoms with E-state index in [4.69, 9.17) is 4.74 Å². The van der Waals surface area contributed by atoms with Gasteiger partial charge >= 0.3 is 0 Å². The standard InChI is InChI=1S/C26H24N4O4S2/c1-16(31)27-18-10-11-23(34-2)22(12-18)30-24(32)13-19-14-35-26(28-19)36-15-25(33)29-21-9-5-7-17-6-3-4-8-20(17)21/h3-12,14H,13,15H2,1-2H3,(H,27,31)(H,29,33)(H,30,32). The van der Waals surface area contributed by atoms with E-state index < -0.39 is 0 Å². The van der Waals surface area contributed by atoms with Gasteiger partial charge in [-0.15, -0.1) is 11.3 Å². The Morgan fingerprint density at radius 1 is 0.944 bits per heavy atom. The van der Waals surface area contributed by atoms with E-state index in [1.807, 2.05) is 42.5 Å². The van der Waals surface area contributed by atoms with Gasteiger partial charge in [-0.2, -0.15) is 0 Å². The molecule has 0 radical (unpaired) electrons. The molecule has 0 aliphatic rings. The summed E-state index contributed by atoms with van der Waals surface area (Å²) in [5.41, 5.74) is 2.37. The molecule has 1 heterocycles. The van der Waals surface area contributed by atoms with Gasteiger partial charge in [-0.1, -0.05) is 48.2 Å². The van der Waals surface area contributed by atoms with E-state index in [1.165, 1.54) is 37.1 Å². The lowest BCUT2D eigenvalue weighted by Gasteiger charge is -2.12. The Hall–Kier alpha value is -3.89. The molecule has 4 aromatic rings. The summed E-state index contributed by atoms with van der Waals surface area (Å²) in [7, 11) is 1.50. The van der Waals surface area contributed by atoms with Crippen LogP contribution in [0.5, 0.6) is 5.75 Å². The summed E-state index contributed by atoms with van der Waals surface area (Å²) < 4.78 is 6.00. The summed E-state index contributed by atoms with van der Waals surface area (Å²) in [5.74, 6) is 0.0657. The molecule has 0 spiro atoms. The number of anilines is 3. The van der Waals surface area contributed by atoms with E-state index in [1.54, 1.807) is 23.6 Å². The Morgan fingerprint density at radius 3 is 2.53 bits per heavy atom. The number of carbonyl (C=O) groups excluding carboxylic acids is 3. The fourth-order valence-corrected chi connectivity index (χ4v) is 5.17. The lowest BCUT2D eigenvalue weighted by atomic mass is 10.1. The summed E-state index contributed by atoms with van der Waals surface area (Å²) >= 11 is 2.71. The van der Waals surface area contributed by atoms with Crippen LogP contribution < -0.4 is 20.7 Å². The van der Waals surface area contributed by atoms with Crippen LogP contribution in [0.3, 0.4) is 0 Å². The quantitative estimate of drug-likeness (QED) is 0.263. The van der Waals surface area contributed by atoms with E-state index in [2.05, 4.69) is 20.9 Å². The van der Waals surface area contributed by atoms with Crippen LogP contribution >= 0.6 is 23.1 Å². The molecule has 3 N–H and O–H groups in total. The lowest BCUT2D eigenvalue weighted by Crippen LogP contribution is -2.16. The first-order valence-electron chi connectivity index (χ1n) is 11.0. The Labute approximate surface area is 216 Å². The highest BCUT2D eigenvalue weighted by Gasteiger charge is 2.13. The highest BCUT2D eigenvalue weighted by atomic mass is 32.2. The van der Waals surface area contributed by atoms with Crippen molar-refractivity contribution in [1.82, 2.24) is 4.98 Å². The highest BCUT2D eigenvalue weighted by Crippen LogP contribution is 2.29. The number of fused-ring (bicyclic) bond motifs is 1. The number of aromatic nitrogens is 1. The second kappa shape index (κ2) is 11.7. The molecule has 0 saturated carbocycles. The highest BCUT2D eigenvalue weighted by molar-refractivity contribution is 8.01. The maximum Gasteiger partial charge on any atom is 0.234 e. The molecule has 3 aromatic carbocycles. The van der Waals surface area contributed by atoms with Gasteiger partial charge in [-0.05, 0) is 29.7 Å². The van der Waals surface area contributed by atoms with Gasteiger partial charge in [0.05, 0.1) is 30.7 Å². The number of rotatable bonds is 9. The van der Waals surface area contributed by atoms with Gasteiger partial charge in [-0.25, -0.2) is 4.98 Å². The molecule has 8 nitrogen and oxygen atoms in total. The number of nitrogens with one attached hydrogen (secondary N) is 3. The third kappa shape index (κ3) is 6.61. The Morgan fingerprint density at radius 2 is 1.72 bits per heavy atom. The van der Waals surface area contributed by atoms with Crippen molar-refractivity contribution in [3.05, 3.63) is 71.7 Å². The topological polar surface area (TPSA) is 109 Å². The molecule has 4 rings (SSSR count). The molecular weight excluding hydrogens is 496 g/mol. The number of nitrogens with zero attached hydrogens (tertiary/aromatic N) is 1. The summed E-state index contributed by atoms with van der Waals surface area (Å²) in [4.78, 5) is 40.9.